The maximum atomic E-state index is 12.4. The summed E-state index contributed by atoms with van der Waals surface area (Å²) in [5.41, 5.74) is -0.469. The summed E-state index contributed by atoms with van der Waals surface area (Å²) in [6.45, 7) is 1.49. The van der Waals surface area contributed by atoms with Gasteiger partial charge in [0.15, 0.2) is 6.29 Å². The minimum atomic E-state index is -2.79. The highest BCUT2D eigenvalue weighted by Gasteiger charge is 2.16. The second-order valence-corrected chi connectivity index (χ2v) is 2.63. The van der Waals surface area contributed by atoms with Crippen molar-refractivity contribution in [2.45, 2.75) is 13.3 Å². The molecular weight excluding hydrogens is 190 g/mol. The zero-order valence-electron chi connectivity index (χ0n) is 7.29. The quantitative estimate of drug-likeness (QED) is 0.680. The van der Waals surface area contributed by atoms with E-state index >= 15 is 0 Å². The summed E-state index contributed by atoms with van der Waals surface area (Å²) in [6.07, 6.45) is -2.36. The Kier molecular flexibility index (Phi) is 2.87. The van der Waals surface area contributed by atoms with E-state index in [0.717, 1.165) is 6.07 Å². The highest BCUT2D eigenvalue weighted by atomic mass is 19.3. The number of alkyl halides is 2. The van der Waals surface area contributed by atoms with E-state index in [2.05, 4.69) is 4.98 Å². The highest BCUT2D eigenvalue weighted by Crippen LogP contribution is 2.22. The van der Waals surface area contributed by atoms with E-state index in [4.69, 9.17) is 5.26 Å². The molecule has 1 aromatic heterocycles. The summed E-state index contributed by atoms with van der Waals surface area (Å²) in [6, 6.07) is 2.56. The minimum absolute atomic E-state index is 0.0827. The van der Waals surface area contributed by atoms with E-state index in [0.29, 0.717) is 6.29 Å². The lowest BCUT2D eigenvalue weighted by molar-refractivity contribution is 0.112. The monoisotopic (exact) mass is 196 g/mol. The third-order valence-corrected chi connectivity index (χ3v) is 1.75. The number of pyridine rings is 1. The summed E-state index contributed by atoms with van der Waals surface area (Å²) in [5, 5.41) is 8.52. The van der Waals surface area contributed by atoms with Crippen molar-refractivity contribution in [3.63, 3.8) is 0 Å². The molecule has 5 heteroatoms. The molecule has 0 saturated carbocycles. The molecule has 0 N–H and O–H groups in total. The molecule has 0 amide bonds. The van der Waals surface area contributed by atoms with Crippen LogP contribution in [-0.2, 0) is 0 Å². The predicted octanol–water partition coefficient (Wildman–Crippen LogP) is 2.01. The van der Waals surface area contributed by atoms with Gasteiger partial charge >= 0.3 is 0 Å². The third-order valence-electron chi connectivity index (χ3n) is 1.75. The van der Waals surface area contributed by atoms with Crippen molar-refractivity contribution < 1.29 is 13.6 Å². The van der Waals surface area contributed by atoms with Crippen LogP contribution in [-0.4, -0.2) is 11.3 Å². The zero-order valence-corrected chi connectivity index (χ0v) is 7.29. The molecule has 14 heavy (non-hydrogen) atoms. The number of nitriles is 1. The van der Waals surface area contributed by atoms with Gasteiger partial charge in [0.05, 0.1) is 5.56 Å². The van der Waals surface area contributed by atoms with Crippen LogP contribution >= 0.6 is 0 Å². The molecule has 72 valence electrons. The van der Waals surface area contributed by atoms with Crippen molar-refractivity contribution in [1.82, 2.24) is 4.98 Å². The van der Waals surface area contributed by atoms with Crippen molar-refractivity contribution in [1.29, 1.82) is 5.26 Å². The smallest absolute Gasteiger partial charge is 0.266 e. The summed E-state index contributed by atoms with van der Waals surface area (Å²) < 4.78 is 24.7. The Labute approximate surface area is 79.0 Å². The van der Waals surface area contributed by atoms with Gasteiger partial charge in [-0.2, -0.15) is 5.26 Å². The fourth-order valence-electron chi connectivity index (χ4n) is 1.01. The average Bonchev–Trinajstić information content (AvgIpc) is 2.16. The van der Waals surface area contributed by atoms with Crippen molar-refractivity contribution in [2.75, 3.05) is 0 Å². The number of aldehydes is 1. The van der Waals surface area contributed by atoms with Crippen LogP contribution in [0.5, 0.6) is 0 Å². The van der Waals surface area contributed by atoms with E-state index in [1.165, 1.54) is 6.92 Å². The fourth-order valence-corrected chi connectivity index (χ4v) is 1.01. The van der Waals surface area contributed by atoms with Crippen LogP contribution in [0.2, 0.25) is 0 Å². The standard InChI is InChI=1S/C9H6F2N2O/c1-5-6(4-14)2-7(9(10)11)8(3-12)13-5/h2,4,9H,1H3. The molecule has 0 radical (unpaired) electrons. The van der Waals surface area contributed by atoms with Crippen molar-refractivity contribution in [3.05, 3.63) is 28.6 Å². The number of carbonyl (C=O) groups is 1. The molecule has 0 aliphatic heterocycles. The first-order valence-electron chi connectivity index (χ1n) is 3.75. The number of aryl methyl sites for hydroxylation is 1. The molecule has 1 rings (SSSR count). The van der Waals surface area contributed by atoms with E-state index in [-0.39, 0.29) is 17.0 Å². The van der Waals surface area contributed by atoms with Crippen LogP contribution in [0.3, 0.4) is 0 Å². The fraction of sp³-hybridized carbons (Fsp3) is 0.222. The molecule has 0 aliphatic rings. The van der Waals surface area contributed by atoms with Gasteiger partial charge in [-0.05, 0) is 13.0 Å². The predicted molar refractivity (Wildman–Crippen MR) is 44.0 cm³/mol. The molecule has 0 bridgehead atoms. The molecule has 3 nitrogen and oxygen atoms in total. The lowest BCUT2D eigenvalue weighted by atomic mass is 10.1. The van der Waals surface area contributed by atoms with Gasteiger partial charge in [-0.1, -0.05) is 0 Å². The van der Waals surface area contributed by atoms with Crippen molar-refractivity contribution in [2.24, 2.45) is 0 Å². The van der Waals surface area contributed by atoms with Gasteiger partial charge in [0.2, 0.25) is 0 Å². The lowest BCUT2D eigenvalue weighted by Crippen LogP contribution is -2.00. The van der Waals surface area contributed by atoms with Crippen LogP contribution in [0, 0.1) is 18.3 Å². The Balaban J connectivity index is 3.41. The van der Waals surface area contributed by atoms with Crippen LogP contribution in [0.1, 0.15) is 33.7 Å². The number of hydrogen-bond donors (Lipinski definition) is 0. The summed E-state index contributed by atoms with van der Waals surface area (Å²) in [5.74, 6) is 0. The molecule has 1 heterocycles. The second-order valence-electron chi connectivity index (χ2n) is 2.63. The number of halogens is 2. The first-order chi connectivity index (χ1) is 6.60. The maximum absolute atomic E-state index is 12.4. The Bertz CT molecular complexity index is 410. The Morgan fingerprint density at radius 2 is 2.29 bits per heavy atom. The van der Waals surface area contributed by atoms with Gasteiger partial charge in [-0.3, -0.25) is 4.79 Å². The van der Waals surface area contributed by atoms with Crippen LogP contribution in [0.15, 0.2) is 6.07 Å². The highest BCUT2D eigenvalue weighted by molar-refractivity contribution is 5.77. The zero-order chi connectivity index (χ0) is 10.7. The number of aromatic nitrogens is 1. The van der Waals surface area contributed by atoms with Crippen LogP contribution < -0.4 is 0 Å². The van der Waals surface area contributed by atoms with E-state index < -0.39 is 12.0 Å². The molecule has 0 aromatic carbocycles. The largest absolute Gasteiger partial charge is 0.298 e. The summed E-state index contributed by atoms with van der Waals surface area (Å²) in [7, 11) is 0. The van der Waals surface area contributed by atoms with Gasteiger partial charge < -0.3 is 0 Å². The number of hydrogen-bond acceptors (Lipinski definition) is 3. The second kappa shape index (κ2) is 3.92. The molecule has 0 spiro atoms. The number of nitrogens with zero attached hydrogens (tertiary/aromatic N) is 2. The van der Waals surface area contributed by atoms with Gasteiger partial charge in [-0.15, -0.1) is 0 Å². The molecule has 0 atom stereocenters. The lowest BCUT2D eigenvalue weighted by Gasteiger charge is -2.04. The van der Waals surface area contributed by atoms with Crippen molar-refractivity contribution in [3.8, 4) is 6.07 Å². The minimum Gasteiger partial charge on any atom is -0.298 e. The maximum Gasteiger partial charge on any atom is 0.266 e. The average molecular weight is 196 g/mol. The van der Waals surface area contributed by atoms with E-state index in [9.17, 15) is 13.6 Å². The topological polar surface area (TPSA) is 53.8 Å². The van der Waals surface area contributed by atoms with E-state index in [1.807, 2.05) is 0 Å². The molecule has 0 fully saturated rings. The van der Waals surface area contributed by atoms with Crippen LogP contribution in [0.25, 0.3) is 0 Å². The summed E-state index contributed by atoms with van der Waals surface area (Å²) in [4.78, 5) is 14.0. The molecule has 0 aliphatic carbocycles. The van der Waals surface area contributed by atoms with Gasteiger partial charge in [0.1, 0.15) is 11.8 Å². The van der Waals surface area contributed by atoms with Gasteiger partial charge in [0, 0.05) is 11.3 Å². The normalized spacial score (nSPS) is 9.93. The third kappa shape index (κ3) is 1.74. The molecule has 0 saturated heterocycles. The number of rotatable bonds is 2. The SMILES string of the molecule is Cc1nc(C#N)c(C(F)F)cc1C=O. The molecular formula is C9H6F2N2O. The number of carbonyl (C=O) groups excluding carboxylic acids is 1. The van der Waals surface area contributed by atoms with Gasteiger partial charge in [-0.25, -0.2) is 13.8 Å². The Hall–Kier alpha value is -1.83. The van der Waals surface area contributed by atoms with Gasteiger partial charge in [0.25, 0.3) is 6.43 Å². The summed E-state index contributed by atoms with van der Waals surface area (Å²) >= 11 is 0. The first kappa shape index (κ1) is 10.3. The molecule has 0 unspecified atom stereocenters. The van der Waals surface area contributed by atoms with Crippen molar-refractivity contribution >= 4 is 6.29 Å². The van der Waals surface area contributed by atoms with Crippen LogP contribution in [0.4, 0.5) is 8.78 Å². The first-order valence-corrected chi connectivity index (χ1v) is 3.75. The molecule has 1 aromatic rings. The Morgan fingerprint density at radius 1 is 1.64 bits per heavy atom. The van der Waals surface area contributed by atoms with E-state index in [1.54, 1.807) is 6.07 Å². The Morgan fingerprint density at radius 3 is 2.71 bits per heavy atom.